The highest BCUT2D eigenvalue weighted by molar-refractivity contribution is 7.58. The summed E-state index contributed by atoms with van der Waals surface area (Å²) in [6.45, 7) is 6.74. The Morgan fingerprint density at radius 3 is 1.48 bits per heavy atom. The molecule has 2 unspecified atom stereocenters. The van der Waals surface area contributed by atoms with E-state index in [1.807, 2.05) is 0 Å². The fourth-order valence-electron chi connectivity index (χ4n) is 3.60. The molecule has 1 heterocycles. The molecule has 2 aromatic rings. The number of hydrogen-bond donors (Lipinski definition) is 0. The molecule has 21 heavy (non-hydrogen) atoms. The van der Waals surface area contributed by atoms with E-state index in [0.717, 1.165) is 11.3 Å². The zero-order valence-corrected chi connectivity index (χ0v) is 14.2. The molecule has 0 aromatic heterocycles. The van der Waals surface area contributed by atoms with Gasteiger partial charge in [-0.3, -0.25) is 0 Å². The van der Waals surface area contributed by atoms with Gasteiger partial charge in [0.25, 0.3) is 0 Å². The van der Waals surface area contributed by atoms with E-state index in [2.05, 4.69) is 69.3 Å². The summed E-state index contributed by atoms with van der Waals surface area (Å²) in [6, 6.07) is 18.6. The van der Waals surface area contributed by atoms with Crippen molar-refractivity contribution < 1.29 is 0 Å². The minimum atomic E-state index is 0.0584. The van der Waals surface area contributed by atoms with Crippen molar-refractivity contribution in [2.45, 2.75) is 44.9 Å². The fourth-order valence-corrected chi connectivity index (χ4v) is 6.99. The average Bonchev–Trinajstić information content (AvgIpc) is 2.92. The molecule has 0 nitrogen and oxygen atoms in total. The van der Waals surface area contributed by atoms with Gasteiger partial charge in [-0.05, 0) is 44.0 Å². The molecular formula is C20H25P. The SMILES string of the molecule is CCP1C(c2ccc(C)cc2)CCC1c1ccc(C)cc1. The van der Waals surface area contributed by atoms with Crippen LogP contribution < -0.4 is 0 Å². The van der Waals surface area contributed by atoms with Crippen molar-refractivity contribution in [2.75, 3.05) is 6.16 Å². The second kappa shape index (κ2) is 6.32. The number of hydrogen-bond acceptors (Lipinski definition) is 0. The van der Waals surface area contributed by atoms with Gasteiger partial charge in [-0.25, -0.2) is 0 Å². The third-order valence-electron chi connectivity index (χ3n) is 4.80. The molecule has 1 aliphatic heterocycles. The Morgan fingerprint density at radius 2 is 1.14 bits per heavy atom. The second-order valence-electron chi connectivity index (χ2n) is 6.26. The summed E-state index contributed by atoms with van der Waals surface area (Å²) < 4.78 is 0. The number of aryl methyl sites for hydroxylation is 2. The van der Waals surface area contributed by atoms with Crippen LogP contribution in [0.2, 0.25) is 0 Å². The van der Waals surface area contributed by atoms with Gasteiger partial charge in [0, 0.05) is 11.3 Å². The molecule has 0 radical (unpaired) electrons. The van der Waals surface area contributed by atoms with Crippen LogP contribution in [-0.4, -0.2) is 6.16 Å². The second-order valence-corrected chi connectivity index (χ2v) is 9.17. The van der Waals surface area contributed by atoms with Crippen LogP contribution in [0.5, 0.6) is 0 Å². The highest BCUT2D eigenvalue weighted by Crippen LogP contribution is 2.69. The molecule has 0 bridgehead atoms. The maximum Gasteiger partial charge on any atom is 0.00475 e. The van der Waals surface area contributed by atoms with Gasteiger partial charge in [0.15, 0.2) is 0 Å². The molecule has 1 aliphatic rings. The lowest BCUT2D eigenvalue weighted by atomic mass is 10.0. The zero-order chi connectivity index (χ0) is 14.8. The summed E-state index contributed by atoms with van der Waals surface area (Å²) in [5.74, 6) is 0. The lowest BCUT2D eigenvalue weighted by molar-refractivity contribution is 0.765. The molecule has 0 amide bonds. The Kier molecular flexibility index (Phi) is 4.45. The third kappa shape index (κ3) is 3.06. The Bertz CT molecular complexity index is 529. The van der Waals surface area contributed by atoms with Gasteiger partial charge in [0.05, 0.1) is 0 Å². The van der Waals surface area contributed by atoms with Gasteiger partial charge >= 0.3 is 0 Å². The van der Waals surface area contributed by atoms with Crippen molar-refractivity contribution >= 4 is 7.92 Å². The lowest BCUT2D eigenvalue weighted by Crippen LogP contribution is -1.96. The summed E-state index contributed by atoms with van der Waals surface area (Å²) >= 11 is 0. The van der Waals surface area contributed by atoms with Gasteiger partial charge in [0.1, 0.15) is 0 Å². The van der Waals surface area contributed by atoms with Crippen molar-refractivity contribution in [3.8, 4) is 0 Å². The Hall–Kier alpha value is -1.13. The van der Waals surface area contributed by atoms with E-state index in [1.54, 1.807) is 11.1 Å². The van der Waals surface area contributed by atoms with Gasteiger partial charge < -0.3 is 0 Å². The lowest BCUT2D eigenvalue weighted by Gasteiger charge is -2.25. The summed E-state index contributed by atoms with van der Waals surface area (Å²) in [5, 5.41) is 0. The van der Waals surface area contributed by atoms with E-state index >= 15 is 0 Å². The van der Waals surface area contributed by atoms with E-state index in [0.29, 0.717) is 0 Å². The van der Waals surface area contributed by atoms with Crippen molar-refractivity contribution in [1.29, 1.82) is 0 Å². The molecule has 3 rings (SSSR count). The largest absolute Gasteiger partial charge is 0.0916 e. The van der Waals surface area contributed by atoms with E-state index in [-0.39, 0.29) is 7.92 Å². The van der Waals surface area contributed by atoms with Crippen molar-refractivity contribution in [3.63, 3.8) is 0 Å². The molecule has 0 spiro atoms. The predicted octanol–water partition coefficient (Wildman–Crippen LogP) is 6.38. The summed E-state index contributed by atoms with van der Waals surface area (Å²) in [6.07, 6.45) is 4.06. The van der Waals surface area contributed by atoms with E-state index in [1.165, 1.54) is 30.1 Å². The third-order valence-corrected chi connectivity index (χ3v) is 8.25. The normalized spacial score (nSPS) is 25.2. The monoisotopic (exact) mass is 296 g/mol. The van der Waals surface area contributed by atoms with Crippen molar-refractivity contribution in [1.82, 2.24) is 0 Å². The van der Waals surface area contributed by atoms with Crippen LogP contribution in [0.4, 0.5) is 0 Å². The minimum Gasteiger partial charge on any atom is -0.0916 e. The first-order chi connectivity index (χ1) is 10.2. The first kappa shape index (κ1) is 14.8. The highest BCUT2D eigenvalue weighted by Gasteiger charge is 2.35. The summed E-state index contributed by atoms with van der Waals surface area (Å²) in [7, 11) is 0.0584. The number of benzene rings is 2. The van der Waals surface area contributed by atoms with Gasteiger partial charge in [-0.1, -0.05) is 74.5 Å². The van der Waals surface area contributed by atoms with Crippen LogP contribution in [0.3, 0.4) is 0 Å². The molecule has 2 atom stereocenters. The Labute approximate surface area is 130 Å². The predicted molar refractivity (Wildman–Crippen MR) is 94.5 cm³/mol. The summed E-state index contributed by atoms with van der Waals surface area (Å²) in [4.78, 5) is 0. The van der Waals surface area contributed by atoms with Crippen molar-refractivity contribution in [2.24, 2.45) is 0 Å². The quantitative estimate of drug-likeness (QED) is 0.576. The molecule has 0 aliphatic carbocycles. The van der Waals surface area contributed by atoms with Crippen LogP contribution in [0.25, 0.3) is 0 Å². The van der Waals surface area contributed by atoms with Crippen LogP contribution in [0.15, 0.2) is 48.5 Å². The van der Waals surface area contributed by atoms with E-state index in [4.69, 9.17) is 0 Å². The molecule has 2 aromatic carbocycles. The van der Waals surface area contributed by atoms with Crippen molar-refractivity contribution in [3.05, 3.63) is 70.8 Å². The number of rotatable bonds is 3. The Morgan fingerprint density at radius 1 is 0.762 bits per heavy atom. The summed E-state index contributed by atoms with van der Waals surface area (Å²) in [5.41, 5.74) is 7.49. The topological polar surface area (TPSA) is 0 Å². The van der Waals surface area contributed by atoms with Gasteiger partial charge in [-0.2, -0.15) is 0 Å². The maximum atomic E-state index is 2.39. The van der Waals surface area contributed by atoms with Crippen LogP contribution >= 0.6 is 7.92 Å². The van der Waals surface area contributed by atoms with Gasteiger partial charge in [-0.15, -0.1) is 0 Å². The molecule has 1 fully saturated rings. The smallest absolute Gasteiger partial charge is 0.00475 e. The maximum absolute atomic E-state index is 2.39. The van der Waals surface area contributed by atoms with E-state index in [9.17, 15) is 0 Å². The standard InChI is InChI=1S/C20H25P/c1-4-21-19(17-9-5-15(2)6-10-17)13-14-20(21)18-11-7-16(3)8-12-18/h5-12,19-20H,4,13-14H2,1-3H3. The first-order valence-electron chi connectivity index (χ1n) is 8.08. The van der Waals surface area contributed by atoms with Gasteiger partial charge in [0.2, 0.25) is 0 Å². The van der Waals surface area contributed by atoms with Crippen LogP contribution in [0.1, 0.15) is 53.3 Å². The Balaban J connectivity index is 1.85. The van der Waals surface area contributed by atoms with E-state index < -0.39 is 0 Å². The fraction of sp³-hybridized carbons (Fsp3) is 0.400. The minimum absolute atomic E-state index is 0.0584. The average molecular weight is 296 g/mol. The molecule has 0 saturated carbocycles. The molecule has 1 heteroatoms. The van der Waals surface area contributed by atoms with Crippen LogP contribution in [-0.2, 0) is 0 Å². The zero-order valence-electron chi connectivity index (χ0n) is 13.3. The molecule has 0 N–H and O–H groups in total. The van der Waals surface area contributed by atoms with Crippen LogP contribution in [0, 0.1) is 13.8 Å². The first-order valence-corrected chi connectivity index (χ1v) is 9.74. The highest BCUT2D eigenvalue weighted by atomic mass is 31.1. The molecular weight excluding hydrogens is 271 g/mol. The molecule has 110 valence electrons. The molecule has 1 saturated heterocycles.